The molecule has 1 aromatic carbocycles. The molecule has 0 fully saturated rings. The maximum Gasteiger partial charge on any atom is 0.416 e. The van der Waals surface area contributed by atoms with Gasteiger partial charge >= 0.3 is 16.5 Å². The minimum Gasteiger partial charge on any atom is -0.323 e. The van der Waals surface area contributed by atoms with Crippen molar-refractivity contribution in [3.63, 3.8) is 0 Å². The Kier molecular flexibility index (Phi) is 6.23. The Balaban J connectivity index is 0.00000324. The molecule has 0 aromatic heterocycles. The highest BCUT2D eigenvalue weighted by atomic mass is 35.5. The van der Waals surface area contributed by atoms with Crippen LogP contribution in [0.15, 0.2) is 24.3 Å². The fourth-order valence-electron chi connectivity index (χ4n) is 1.26. The largest absolute Gasteiger partial charge is 0.416 e. The van der Waals surface area contributed by atoms with Gasteiger partial charge in [0.15, 0.2) is 0 Å². The van der Waals surface area contributed by atoms with Crippen LogP contribution in [-0.4, -0.2) is 19.5 Å². The minimum absolute atomic E-state index is 0. The molecule has 0 bridgehead atoms. The zero-order valence-electron chi connectivity index (χ0n) is 9.39. The maximum absolute atomic E-state index is 12.4. The van der Waals surface area contributed by atoms with Gasteiger partial charge in [0, 0.05) is 12.6 Å². The van der Waals surface area contributed by atoms with Gasteiger partial charge < -0.3 is 5.73 Å². The van der Waals surface area contributed by atoms with Gasteiger partial charge in [-0.25, -0.2) is 0 Å². The minimum atomic E-state index is -4.49. The van der Waals surface area contributed by atoms with Gasteiger partial charge in [-0.2, -0.15) is 26.3 Å². The summed E-state index contributed by atoms with van der Waals surface area (Å²) in [6.07, 6.45) is -4.49. The molecular formula is C9H12ClF3N2O3S. The number of halogens is 4. The fourth-order valence-corrected chi connectivity index (χ4v) is 1.65. The van der Waals surface area contributed by atoms with Crippen molar-refractivity contribution >= 4 is 22.7 Å². The van der Waals surface area contributed by atoms with E-state index in [-0.39, 0.29) is 18.0 Å². The third-order valence-corrected chi connectivity index (χ3v) is 2.66. The molecule has 10 heteroatoms. The van der Waals surface area contributed by atoms with Crippen LogP contribution >= 0.6 is 12.4 Å². The lowest BCUT2D eigenvalue weighted by Gasteiger charge is -2.14. The van der Waals surface area contributed by atoms with Crippen molar-refractivity contribution < 1.29 is 26.1 Å². The average molecular weight is 321 g/mol. The van der Waals surface area contributed by atoms with E-state index in [4.69, 9.17) is 10.3 Å². The molecule has 4 N–H and O–H groups in total. The predicted molar refractivity (Wildman–Crippen MR) is 65.2 cm³/mol. The Morgan fingerprint density at radius 1 is 1.37 bits per heavy atom. The first kappa shape index (κ1) is 18.1. The smallest absolute Gasteiger partial charge is 0.323 e. The zero-order chi connectivity index (χ0) is 14.0. The normalized spacial score (nSPS) is 13.7. The van der Waals surface area contributed by atoms with Gasteiger partial charge in [-0.15, -0.1) is 12.4 Å². The highest BCUT2D eigenvalue weighted by Crippen LogP contribution is 2.30. The Hall–Kier alpha value is -0.870. The van der Waals surface area contributed by atoms with Crippen molar-refractivity contribution in [3.8, 4) is 0 Å². The first-order valence-electron chi connectivity index (χ1n) is 4.74. The Morgan fingerprint density at radius 2 is 1.95 bits per heavy atom. The third kappa shape index (κ3) is 6.21. The van der Waals surface area contributed by atoms with E-state index in [1.807, 2.05) is 0 Å². The molecule has 1 aromatic rings. The predicted octanol–water partition coefficient (Wildman–Crippen LogP) is 1.52. The molecule has 0 aliphatic carbocycles. The van der Waals surface area contributed by atoms with Crippen molar-refractivity contribution in [2.24, 2.45) is 5.73 Å². The molecule has 0 heterocycles. The Bertz CT molecular complexity index is 522. The van der Waals surface area contributed by atoms with Crippen LogP contribution in [0, 0.1) is 0 Å². The molecule has 0 spiro atoms. The lowest BCUT2D eigenvalue weighted by Crippen LogP contribution is -2.31. The molecule has 1 atom stereocenters. The van der Waals surface area contributed by atoms with Gasteiger partial charge in [-0.3, -0.25) is 4.55 Å². The molecule has 0 amide bonds. The lowest BCUT2D eigenvalue weighted by molar-refractivity contribution is -0.137. The van der Waals surface area contributed by atoms with E-state index in [0.29, 0.717) is 0 Å². The molecule has 0 aliphatic rings. The molecule has 0 saturated carbocycles. The summed E-state index contributed by atoms with van der Waals surface area (Å²) >= 11 is 0. The molecular weight excluding hydrogens is 309 g/mol. The van der Waals surface area contributed by atoms with E-state index in [2.05, 4.69) is 0 Å². The van der Waals surface area contributed by atoms with Crippen LogP contribution in [0.2, 0.25) is 0 Å². The second kappa shape index (κ2) is 6.53. The summed E-state index contributed by atoms with van der Waals surface area (Å²) in [5, 5.41) is 0. The highest BCUT2D eigenvalue weighted by molar-refractivity contribution is 7.83. The van der Waals surface area contributed by atoms with Gasteiger partial charge in [0.25, 0.3) is 0 Å². The number of nitrogens with two attached hydrogens (primary N) is 1. The van der Waals surface area contributed by atoms with E-state index in [9.17, 15) is 21.6 Å². The van der Waals surface area contributed by atoms with E-state index >= 15 is 0 Å². The van der Waals surface area contributed by atoms with Crippen LogP contribution in [0.4, 0.5) is 13.2 Å². The van der Waals surface area contributed by atoms with Crippen LogP contribution in [-0.2, 0) is 16.5 Å². The van der Waals surface area contributed by atoms with Crippen molar-refractivity contribution in [1.29, 1.82) is 0 Å². The number of benzene rings is 1. The maximum atomic E-state index is 12.4. The molecule has 1 unspecified atom stereocenters. The van der Waals surface area contributed by atoms with Crippen LogP contribution in [0.1, 0.15) is 17.2 Å². The number of rotatable bonds is 4. The van der Waals surface area contributed by atoms with Crippen LogP contribution < -0.4 is 10.5 Å². The summed E-state index contributed by atoms with van der Waals surface area (Å²) < 4.78 is 68.2. The van der Waals surface area contributed by atoms with Crippen molar-refractivity contribution in [2.75, 3.05) is 6.54 Å². The molecule has 0 aliphatic heterocycles. The summed E-state index contributed by atoms with van der Waals surface area (Å²) in [6, 6.07) is 3.23. The van der Waals surface area contributed by atoms with Crippen LogP contribution in [0.3, 0.4) is 0 Å². The molecule has 110 valence electrons. The van der Waals surface area contributed by atoms with Gasteiger partial charge in [0.1, 0.15) is 0 Å². The summed E-state index contributed by atoms with van der Waals surface area (Å²) in [7, 11) is -4.42. The van der Waals surface area contributed by atoms with E-state index in [1.54, 1.807) is 4.72 Å². The number of nitrogens with one attached hydrogen (secondary N) is 1. The zero-order valence-corrected chi connectivity index (χ0v) is 11.0. The SMILES string of the molecule is Cl.NC(CNS(=O)(=O)O)c1cccc(C(F)(F)F)c1. The number of hydrogen-bond acceptors (Lipinski definition) is 3. The lowest BCUT2D eigenvalue weighted by atomic mass is 10.0. The first-order valence-corrected chi connectivity index (χ1v) is 6.18. The van der Waals surface area contributed by atoms with Gasteiger partial charge in [-0.05, 0) is 17.7 Å². The van der Waals surface area contributed by atoms with Crippen molar-refractivity contribution in [2.45, 2.75) is 12.2 Å². The van der Waals surface area contributed by atoms with E-state index < -0.39 is 34.6 Å². The summed E-state index contributed by atoms with van der Waals surface area (Å²) in [4.78, 5) is 0. The monoisotopic (exact) mass is 320 g/mol. The molecule has 1 rings (SSSR count). The summed E-state index contributed by atoms with van der Waals surface area (Å²) in [5.74, 6) is 0. The number of alkyl halides is 3. The van der Waals surface area contributed by atoms with Gasteiger partial charge in [0.2, 0.25) is 0 Å². The molecule has 19 heavy (non-hydrogen) atoms. The molecule has 0 saturated heterocycles. The summed E-state index contributed by atoms with van der Waals surface area (Å²) in [6.45, 7) is -0.403. The standard InChI is InChI=1S/C9H11F3N2O3S.ClH/c10-9(11,12)7-3-1-2-6(4-7)8(13)5-14-18(15,16)17;/h1-4,8,14H,5,13H2,(H,15,16,17);1H. The third-order valence-electron chi connectivity index (χ3n) is 2.13. The van der Waals surface area contributed by atoms with Crippen LogP contribution in [0.25, 0.3) is 0 Å². The summed E-state index contributed by atoms with van der Waals surface area (Å²) in [5.41, 5.74) is 4.75. The van der Waals surface area contributed by atoms with Crippen molar-refractivity contribution in [3.05, 3.63) is 35.4 Å². The topological polar surface area (TPSA) is 92.4 Å². The second-order valence-corrected chi connectivity index (χ2v) is 4.79. The fraction of sp³-hybridized carbons (Fsp3) is 0.333. The van der Waals surface area contributed by atoms with Gasteiger partial charge in [0.05, 0.1) is 5.56 Å². The van der Waals surface area contributed by atoms with E-state index in [1.165, 1.54) is 12.1 Å². The van der Waals surface area contributed by atoms with Crippen molar-refractivity contribution in [1.82, 2.24) is 4.72 Å². The molecule has 5 nitrogen and oxygen atoms in total. The first-order chi connectivity index (χ1) is 8.09. The second-order valence-electron chi connectivity index (χ2n) is 3.55. The quantitative estimate of drug-likeness (QED) is 0.733. The Morgan fingerprint density at radius 3 is 2.42 bits per heavy atom. The van der Waals surface area contributed by atoms with E-state index in [0.717, 1.165) is 12.1 Å². The number of hydrogen-bond donors (Lipinski definition) is 3. The Labute approximate surface area is 114 Å². The highest BCUT2D eigenvalue weighted by Gasteiger charge is 2.30. The van der Waals surface area contributed by atoms with Gasteiger partial charge in [-0.1, -0.05) is 12.1 Å². The van der Waals surface area contributed by atoms with Crippen LogP contribution in [0.5, 0.6) is 0 Å². The average Bonchev–Trinajstić information content (AvgIpc) is 2.24. The molecule has 0 radical (unpaired) electrons.